The van der Waals surface area contributed by atoms with Crippen molar-refractivity contribution < 1.29 is 0 Å². The van der Waals surface area contributed by atoms with Gasteiger partial charge in [-0.2, -0.15) is 0 Å². The van der Waals surface area contributed by atoms with E-state index in [0.29, 0.717) is 11.8 Å². The van der Waals surface area contributed by atoms with E-state index in [1.54, 1.807) is 11.1 Å². The van der Waals surface area contributed by atoms with E-state index >= 15 is 0 Å². The normalized spacial score (nSPS) is 27.8. The van der Waals surface area contributed by atoms with Crippen molar-refractivity contribution in [1.29, 1.82) is 0 Å². The van der Waals surface area contributed by atoms with Crippen molar-refractivity contribution in [2.24, 2.45) is 23.7 Å². The fourth-order valence-electron chi connectivity index (χ4n) is 11.9. The lowest BCUT2D eigenvalue weighted by Gasteiger charge is -2.63. The first-order chi connectivity index (χ1) is 24.2. The van der Waals surface area contributed by atoms with Crippen LogP contribution in [0.2, 0.25) is 0 Å². The van der Waals surface area contributed by atoms with Gasteiger partial charge in [0, 0.05) is 26.6 Å². The second kappa shape index (κ2) is 11.1. The number of nitrogens with zero attached hydrogens (tertiary/aromatic N) is 1. The van der Waals surface area contributed by atoms with Crippen LogP contribution in [0, 0.1) is 23.7 Å². The molecule has 11 rings (SSSR count). The highest BCUT2D eigenvalue weighted by atomic mass is 32.2. The Kier molecular flexibility index (Phi) is 6.90. The van der Waals surface area contributed by atoms with Gasteiger partial charge in [0.15, 0.2) is 0 Å². The van der Waals surface area contributed by atoms with E-state index in [1.165, 1.54) is 94.1 Å². The first-order valence-corrected chi connectivity index (χ1v) is 20.1. The molecule has 0 radical (unpaired) electrons. The van der Waals surface area contributed by atoms with Gasteiger partial charge >= 0.3 is 0 Å². The van der Waals surface area contributed by atoms with Crippen LogP contribution in [0.4, 0.5) is 17.1 Å². The minimum absolute atomic E-state index is 0.0725. The molecular formula is C48H49NS. The van der Waals surface area contributed by atoms with Crippen molar-refractivity contribution in [2.45, 2.75) is 98.7 Å². The summed E-state index contributed by atoms with van der Waals surface area (Å²) in [6.45, 7) is 9.84. The molecule has 2 heteroatoms. The molecule has 0 N–H and O–H groups in total. The molecule has 4 fully saturated rings. The van der Waals surface area contributed by atoms with Crippen LogP contribution in [0.25, 0.3) is 11.1 Å². The molecule has 0 atom stereocenters. The van der Waals surface area contributed by atoms with Gasteiger partial charge in [-0.05, 0) is 149 Å². The maximum absolute atomic E-state index is 2.61. The second-order valence-corrected chi connectivity index (χ2v) is 18.7. The summed E-state index contributed by atoms with van der Waals surface area (Å²) in [7, 11) is 0. The molecule has 6 aliphatic rings. The summed E-state index contributed by atoms with van der Waals surface area (Å²) >= 11 is 2.03. The Hall–Kier alpha value is -3.75. The van der Waals surface area contributed by atoms with Crippen LogP contribution in [0.3, 0.4) is 0 Å². The Morgan fingerprint density at radius 1 is 0.540 bits per heavy atom. The van der Waals surface area contributed by atoms with Crippen LogP contribution < -0.4 is 4.90 Å². The lowest BCUT2D eigenvalue weighted by molar-refractivity contribution is -0.0441. The standard InChI is InChI=1S/C48H49NS/c1-46(2)22-23-47(3,4)45-40(46)19-13-20-41(45)49(36-16-9-6-10-17-36)37-29-38(33-14-7-5-8-15-33)44-43(30-37)50-42-21-12-11-18-39(42)48(44)34-25-31-24-32(27-34)28-35(48)26-31/h5-21,29-32,34-35H,22-28H2,1-4H3. The van der Waals surface area contributed by atoms with Gasteiger partial charge in [0.05, 0.1) is 5.69 Å². The van der Waals surface area contributed by atoms with E-state index in [2.05, 4.69) is 148 Å². The summed E-state index contributed by atoms with van der Waals surface area (Å²) in [5, 5.41) is 0. The van der Waals surface area contributed by atoms with E-state index in [1.807, 2.05) is 11.8 Å². The molecule has 1 aliphatic heterocycles. The monoisotopic (exact) mass is 671 g/mol. The van der Waals surface area contributed by atoms with Crippen LogP contribution in [0.15, 0.2) is 125 Å². The molecule has 0 aromatic heterocycles. The molecule has 1 spiro atoms. The maximum Gasteiger partial charge on any atom is 0.0502 e. The zero-order valence-electron chi connectivity index (χ0n) is 30.1. The Bertz CT molecular complexity index is 2080. The minimum atomic E-state index is 0.0725. The molecule has 5 aromatic carbocycles. The van der Waals surface area contributed by atoms with Gasteiger partial charge in [-0.1, -0.05) is 118 Å². The summed E-state index contributed by atoms with van der Waals surface area (Å²) < 4.78 is 0. The number of hydrogen-bond donors (Lipinski definition) is 0. The number of anilines is 3. The van der Waals surface area contributed by atoms with Gasteiger partial charge in [-0.25, -0.2) is 0 Å². The highest BCUT2D eigenvalue weighted by molar-refractivity contribution is 7.99. The highest BCUT2D eigenvalue weighted by Gasteiger charge is 2.61. The highest BCUT2D eigenvalue weighted by Crippen LogP contribution is 2.70. The summed E-state index contributed by atoms with van der Waals surface area (Å²) in [6, 6.07) is 44.5. The maximum atomic E-state index is 2.61. The average molecular weight is 672 g/mol. The van der Waals surface area contributed by atoms with Gasteiger partial charge in [0.2, 0.25) is 0 Å². The van der Waals surface area contributed by atoms with Crippen molar-refractivity contribution in [2.75, 3.05) is 4.90 Å². The van der Waals surface area contributed by atoms with Crippen LogP contribution >= 0.6 is 11.8 Å². The van der Waals surface area contributed by atoms with Crippen molar-refractivity contribution in [1.82, 2.24) is 0 Å². The van der Waals surface area contributed by atoms with E-state index in [-0.39, 0.29) is 16.2 Å². The third-order valence-electron chi connectivity index (χ3n) is 13.9. The Balaban J connectivity index is 1.28. The van der Waals surface area contributed by atoms with Crippen molar-refractivity contribution in [3.05, 3.63) is 138 Å². The topological polar surface area (TPSA) is 3.24 Å². The Morgan fingerprint density at radius 3 is 1.88 bits per heavy atom. The van der Waals surface area contributed by atoms with Crippen molar-refractivity contribution in [3.63, 3.8) is 0 Å². The van der Waals surface area contributed by atoms with E-state index in [4.69, 9.17) is 0 Å². The SMILES string of the molecule is CC1(C)CCC(C)(C)c2c(N(c3ccccc3)c3cc4c(c(-c5ccccc5)c3)C3(c5ccccc5S4)C4CC5CC(C4)CC3C5)cccc21. The quantitative estimate of drug-likeness (QED) is 0.187. The predicted octanol–water partition coefficient (Wildman–Crippen LogP) is 13.4. The van der Waals surface area contributed by atoms with E-state index in [0.717, 1.165) is 11.8 Å². The molecule has 0 saturated heterocycles. The smallest absolute Gasteiger partial charge is 0.0502 e. The molecule has 0 amide bonds. The van der Waals surface area contributed by atoms with Crippen LogP contribution in [-0.2, 0) is 16.2 Å². The molecule has 4 saturated carbocycles. The van der Waals surface area contributed by atoms with Crippen LogP contribution in [0.5, 0.6) is 0 Å². The first-order valence-electron chi connectivity index (χ1n) is 19.2. The predicted molar refractivity (Wildman–Crippen MR) is 210 cm³/mol. The molecule has 252 valence electrons. The molecular weight excluding hydrogens is 623 g/mol. The zero-order valence-corrected chi connectivity index (χ0v) is 30.9. The number of fused-ring (bicyclic) bond motifs is 3. The van der Waals surface area contributed by atoms with Crippen molar-refractivity contribution in [3.8, 4) is 11.1 Å². The lowest BCUT2D eigenvalue weighted by atomic mass is 9.41. The fourth-order valence-corrected chi connectivity index (χ4v) is 13.2. The summed E-state index contributed by atoms with van der Waals surface area (Å²) in [6.07, 6.45) is 9.42. The van der Waals surface area contributed by atoms with Crippen LogP contribution in [0.1, 0.15) is 94.9 Å². The summed E-state index contributed by atoms with van der Waals surface area (Å²) in [5.74, 6) is 3.25. The van der Waals surface area contributed by atoms with Gasteiger partial charge in [0.25, 0.3) is 0 Å². The third-order valence-corrected chi connectivity index (χ3v) is 15.0. The molecule has 5 aromatic rings. The molecule has 1 heterocycles. The minimum Gasteiger partial charge on any atom is -0.310 e. The number of para-hydroxylation sites is 1. The molecule has 1 nitrogen and oxygen atoms in total. The van der Waals surface area contributed by atoms with Crippen molar-refractivity contribution >= 4 is 28.8 Å². The van der Waals surface area contributed by atoms with Gasteiger partial charge in [-0.15, -0.1) is 0 Å². The van der Waals surface area contributed by atoms with E-state index < -0.39 is 0 Å². The Labute approximate surface area is 303 Å². The van der Waals surface area contributed by atoms with Crippen LogP contribution in [-0.4, -0.2) is 0 Å². The molecule has 50 heavy (non-hydrogen) atoms. The third kappa shape index (κ3) is 4.46. The summed E-state index contributed by atoms with van der Waals surface area (Å²) in [5.41, 5.74) is 13.2. The first kappa shape index (κ1) is 31.0. The number of rotatable bonds is 4. The van der Waals surface area contributed by atoms with Gasteiger partial charge in [-0.3, -0.25) is 0 Å². The number of benzene rings is 5. The largest absolute Gasteiger partial charge is 0.310 e. The number of hydrogen-bond acceptors (Lipinski definition) is 2. The van der Waals surface area contributed by atoms with Gasteiger partial charge in [0.1, 0.15) is 0 Å². The van der Waals surface area contributed by atoms with Gasteiger partial charge < -0.3 is 4.90 Å². The second-order valence-electron chi connectivity index (χ2n) is 17.6. The molecule has 4 bridgehead atoms. The lowest BCUT2D eigenvalue weighted by Crippen LogP contribution is -2.57. The zero-order chi connectivity index (χ0) is 33.8. The molecule has 0 unspecified atom stereocenters. The Morgan fingerprint density at radius 2 is 1.16 bits per heavy atom. The fraction of sp³-hybridized carbons (Fsp3) is 0.375. The summed E-state index contributed by atoms with van der Waals surface area (Å²) in [4.78, 5) is 5.56. The van der Waals surface area contributed by atoms with E-state index in [9.17, 15) is 0 Å². The molecule has 5 aliphatic carbocycles. The average Bonchev–Trinajstić information content (AvgIpc) is 3.12.